The number of imidazole rings is 1. The van der Waals surface area contributed by atoms with Crippen molar-refractivity contribution in [3.05, 3.63) is 57.5 Å². The molecule has 6 nitrogen and oxygen atoms in total. The van der Waals surface area contributed by atoms with Crippen molar-refractivity contribution in [2.24, 2.45) is 0 Å². The maximum Gasteiger partial charge on any atom is 0.417 e. The lowest BCUT2D eigenvalue weighted by atomic mass is 10.2. The highest BCUT2D eigenvalue weighted by Gasteiger charge is 2.33. The summed E-state index contributed by atoms with van der Waals surface area (Å²) >= 11 is 5.52. The van der Waals surface area contributed by atoms with Crippen LogP contribution in [-0.2, 0) is 6.18 Å². The van der Waals surface area contributed by atoms with Gasteiger partial charge in [0.25, 0.3) is 0 Å². The van der Waals surface area contributed by atoms with E-state index in [-0.39, 0.29) is 5.69 Å². The van der Waals surface area contributed by atoms with Gasteiger partial charge in [0, 0.05) is 11.4 Å². The van der Waals surface area contributed by atoms with Crippen LogP contribution < -0.4 is 16.3 Å². The van der Waals surface area contributed by atoms with Gasteiger partial charge >= 0.3 is 17.9 Å². The third-order valence-electron chi connectivity index (χ3n) is 3.30. The van der Waals surface area contributed by atoms with Crippen molar-refractivity contribution in [2.45, 2.75) is 6.18 Å². The number of rotatable bonds is 2. The van der Waals surface area contributed by atoms with Crippen LogP contribution in [0.25, 0.3) is 11.0 Å². The van der Waals surface area contributed by atoms with Crippen LogP contribution in [-0.4, -0.2) is 16.0 Å². The molecule has 0 unspecified atom stereocenters. The molecule has 0 spiro atoms. The fraction of sp³-hybridized carbons (Fsp3) is 0.0667. The van der Waals surface area contributed by atoms with Gasteiger partial charge in [-0.25, -0.2) is 9.59 Å². The molecule has 3 rings (SSSR count). The number of aromatic nitrogens is 2. The molecule has 130 valence electrons. The Kier molecular flexibility index (Phi) is 4.17. The molecule has 0 atom stereocenters. The summed E-state index contributed by atoms with van der Waals surface area (Å²) in [5.41, 5.74) is -0.108. The highest BCUT2D eigenvalue weighted by atomic mass is 35.5. The van der Waals surface area contributed by atoms with Gasteiger partial charge in [0.2, 0.25) is 0 Å². The van der Waals surface area contributed by atoms with Crippen molar-refractivity contribution in [1.82, 2.24) is 9.97 Å². The van der Waals surface area contributed by atoms with Gasteiger partial charge in [0.1, 0.15) is 0 Å². The molecule has 2 aromatic carbocycles. The Balaban J connectivity index is 1.76. The highest BCUT2D eigenvalue weighted by molar-refractivity contribution is 6.31. The number of hydrogen-bond acceptors (Lipinski definition) is 2. The van der Waals surface area contributed by atoms with E-state index in [1.165, 1.54) is 18.2 Å². The number of benzene rings is 2. The second-order valence-corrected chi connectivity index (χ2v) is 5.52. The number of hydrogen-bond donors (Lipinski definition) is 4. The van der Waals surface area contributed by atoms with Crippen LogP contribution in [0.5, 0.6) is 0 Å². The standard InChI is InChI=1S/C15H10ClF3N4O2/c16-10-3-1-7(5-9(10)15(17,18)19)20-13(24)21-8-2-4-11-12(6-8)23-14(25)22-11/h1-6H,(H2,20,21,24)(H2,22,23,25). The van der Waals surface area contributed by atoms with E-state index in [9.17, 15) is 22.8 Å². The van der Waals surface area contributed by atoms with Crippen molar-refractivity contribution in [3.63, 3.8) is 0 Å². The number of carbonyl (C=O) groups excluding carboxylic acids is 1. The highest BCUT2D eigenvalue weighted by Crippen LogP contribution is 2.36. The third kappa shape index (κ3) is 3.77. The Morgan fingerprint density at radius 1 is 0.960 bits per heavy atom. The smallest absolute Gasteiger partial charge is 0.308 e. The Labute approximate surface area is 143 Å². The summed E-state index contributed by atoms with van der Waals surface area (Å²) in [5.74, 6) is 0. The second kappa shape index (κ2) is 6.17. The zero-order valence-corrected chi connectivity index (χ0v) is 13.0. The lowest BCUT2D eigenvalue weighted by Crippen LogP contribution is -2.19. The SMILES string of the molecule is O=C(Nc1ccc(Cl)c(C(F)(F)F)c1)Nc1ccc2[nH]c(=O)[nH]c2c1. The van der Waals surface area contributed by atoms with Crippen LogP contribution in [0.1, 0.15) is 5.56 Å². The molecule has 10 heteroatoms. The van der Waals surface area contributed by atoms with Crippen LogP contribution in [0.4, 0.5) is 29.3 Å². The molecule has 0 aliphatic rings. The number of alkyl halides is 3. The molecule has 0 aliphatic heterocycles. The van der Waals surface area contributed by atoms with Gasteiger partial charge < -0.3 is 20.6 Å². The monoisotopic (exact) mass is 370 g/mol. The summed E-state index contributed by atoms with van der Waals surface area (Å²) in [7, 11) is 0. The first-order valence-electron chi connectivity index (χ1n) is 6.89. The largest absolute Gasteiger partial charge is 0.417 e. The van der Waals surface area contributed by atoms with Gasteiger partial charge in [-0.2, -0.15) is 13.2 Å². The number of nitrogens with one attached hydrogen (secondary N) is 4. The number of carbonyl (C=O) groups is 1. The maximum atomic E-state index is 12.8. The van der Waals surface area contributed by atoms with Gasteiger partial charge in [-0.1, -0.05) is 11.6 Å². The average Bonchev–Trinajstić information content (AvgIpc) is 2.87. The molecule has 0 fully saturated rings. The topological polar surface area (TPSA) is 89.8 Å². The van der Waals surface area contributed by atoms with Crippen LogP contribution in [0, 0.1) is 0 Å². The number of amides is 2. The summed E-state index contributed by atoms with van der Waals surface area (Å²) in [6.45, 7) is 0. The van der Waals surface area contributed by atoms with E-state index in [1.54, 1.807) is 6.07 Å². The van der Waals surface area contributed by atoms with E-state index in [2.05, 4.69) is 20.6 Å². The maximum absolute atomic E-state index is 12.8. The molecular weight excluding hydrogens is 361 g/mol. The number of H-pyrrole nitrogens is 2. The average molecular weight is 371 g/mol. The Morgan fingerprint density at radius 2 is 1.56 bits per heavy atom. The quantitative estimate of drug-likeness (QED) is 0.545. The zero-order chi connectivity index (χ0) is 18.2. The summed E-state index contributed by atoms with van der Waals surface area (Å²) in [6, 6.07) is 6.93. The van der Waals surface area contributed by atoms with Crippen LogP contribution in [0.2, 0.25) is 5.02 Å². The van der Waals surface area contributed by atoms with E-state index in [0.717, 1.165) is 12.1 Å². The van der Waals surface area contributed by atoms with E-state index >= 15 is 0 Å². The molecular formula is C15H10ClF3N4O2. The minimum atomic E-state index is -4.63. The minimum absolute atomic E-state index is 0.0645. The molecule has 3 aromatic rings. The van der Waals surface area contributed by atoms with E-state index < -0.39 is 28.5 Å². The molecule has 0 aliphatic carbocycles. The van der Waals surface area contributed by atoms with Crippen LogP contribution >= 0.6 is 11.6 Å². The van der Waals surface area contributed by atoms with Gasteiger partial charge in [0.15, 0.2) is 0 Å². The first-order valence-corrected chi connectivity index (χ1v) is 7.27. The van der Waals surface area contributed by atoms with Crippen molar-refractivity contribution in [1.29, 1.82) is 0 Å². The fourth-order valence-corrected chi connectivity index (χ4v) is 2.45. The Morgan fingerprint density at radius 3 is 2.24 bits per heavy atom. The molecule has 2 amide bonds. The first-order chi connectivity index (χ1) is 11.7. The number of aromatic amines is 2. The van der Waals surface area contributed by atoms with E-state index in [0.29, 0.717) is 16.7 Å². The second-order valence-electron chi connectivity index (χ2n) is 5.11. The minimum Gasteiger partial charge on any atom is -0.308 e. The summed E-state index contributed by atoms with van der Waals surface area (Å²) in [6.07, 6.45) is -4.63. The number of halogens is 4. The molecule has 0 saturated carbocycles. The number of urea groups is 1. The van der Waals surface area contributed by atoms with Gasteiger partial charge in [-0.15, -0.1) is 0 Å². The van der Waals surface area contributed by atoms with Gasteiger partial charge in [0.05, 0.1) is 21.6 Å². The molecule has 25 heavy (non-hydrogen) atoms. The fourth-order valence-electron chi connectivity index (χ4n) is 2.22. The van der Waals surface area contributed by atoms with Crippen molar-refractivity contribution >= 4 is 40.0 Å². The summed E-state index contributed by atoms with van der Waals surface area (Å²) in [5, 5.41) is 4.30. The number of anilines is 2. The molecule has 1 aromatic heterocycles. The molecule has 0 bridgehead atoms. The molecule has 0 saturated heterocycles. The van der Waals surface area contributed by atoms with Crippen molar-refractivity contribution in [2.75, 3.05) is 10.6 Å². The van der Waals surface area contributed by atoms with Crippen LogP contribution in [0.15, 0.2) is 41.2 Å². The Bertz CT molecular complexity index is 1010. The predicted octanol–water partition coefficient (Wildman–Crippen LogP) is 4.17. The lowest BCUT2D eigenvalue weighted by molar-refractivity contribution is -0.137. The Hall–Kier alpha value is -2.94. The van der Waals surface area contributed by atoms with Crippen LogP contribution in [0.3, 0.4) is 0 Å². The van der Waals surface area contributed by atoms with Gasteiger partial charge in [-0.3, -0.25) is 0 Å². The van der Waals surface area contributed by atoms with Crippen molar-refractivity contribution < 1.29 is 18.0 Å². The lowest BCUT2D eigenvalue weighted by Gasteiger charge is -2.12. The number of fused-ring (bicyclic) bond motifs is 1. The molecule has 0 radical (unpaired) electrons. The van der Waals surface area contributed by atoms with Gasteiger partial charge in [-0.05, 0) is 36.4 Å². The first kappa shape index (κ1) is 16.9. The third-order valence-corrected chi connectivity index (χ3v) is 3.63. The summed E-state index contributed by atoms with van der Waals surface area (Å²) < 4.78 is 38.5. The molecule has 4 N–H and O–H groups in total. The van der Waals surface area contributed by atoms with E-state index in [1.807, 2.05) is 0 Å². The van der Waals surface area contributed by atoms with Crippen molar-refractivity contribution in [3.8, 4) is 0 Å². The zero-order valence-electron chi connectivity index (χ0n) is 12.3. The summed E-state index contributed by atoms with van der Waals surface area (Å²) in [4.78, 5) is 28.2. The molecule has 1 heterocycles. The van der Waals surface area contributed by atoms with E-state index in [4.69, 9.17) is 11.6 Å². The predicted molar refractivity (Wildman–Crippen MR) is 88.0 cm³/mol. The normalized spacial score (nSPS) is 11.5.